The van der Waals surface area contributed by atoms with Crippen molar-refractivity contribution in [3.63, 3.8) is 0 Å². The van der Waals surface area contributed by atoms with Gasteiger partial charge < -0.3 is 14.5 Å². The number of imidazole rings is 1. The fraction of sp³-hybridized carbons (Fsp3) is 0.160. The van der Waals surface area contributed by atoms with Crippen molar-refractivity contribution in [1.29, 1.82) is 0 Å². The highest BCUT2D eigenvalue weighted by molar-refractivity contribution is 6.40. The zero-order chi connectivity index (χ0) is 21.2. The summed E-state index contributed by atoms with van der Waals surface area (Å²) in [5, 5.41) is 4.18. The van der Waals surface area contributed by atoms with Gasteiger partial charge in [-0.3, -0.25) is 9.59 Å². The van der Waals surface area contributed by atoms with Crippen LogP contribution >= 0.6 is 0 Å². The number of aryl methyl sites for hydroxylation is 2. The molecule has 4 aromatic rings. The molecule has 1 aliphatic carbocycles. The minimum absolute atomic E-state index is 0.0926. The summed E-state index contributed by atoms with van der Waals surface area (Å²) in [6, 6.07) is 17.5. The zero-order valence-corrected chi connectivity index (χ0v) is 17.0. The normalized spacial score (nSPS) is 14.1. The fourth-order valence-electron chi connectivity index (χ4n) is 4.16. The van der Waals surface area contributed by atoms with E-state index in [0.717, 1.165) is 41.7 Å². The lowest BCUT2D eigenvalue weighted by molar-refractivity contribution is -0.120. The van der Waals surface area contributed by atoms with E-state index in [1.165, 1.54) is 0 Å². The summed E-state index contributed by atoms with van der Waals surface area (Å²) >= 11 is 0. The van der Waals surface area contributed by atoms with Gasteiger partial charge in [0.2, 0.25) is 0 Å². The van der Waals surface area contributed by atoms with Crippen LogP contribution in [0.4, 0.5) is 5.69 Å². The van der Waals surface area contributed by atoms with E-state index in [1.807, 2.05) is 67.3 Å². The van der Waals surface area contributed by atoms with Crippen molar-refractivity contribution in [2.24, 2.45) is 0 Å². The first-order valence-corrected chi connectivity index (χ1v) is 10.4. The zero-order valence-electron chi connectivity index (χ0n) is 17.0. The first kappa shape index (κ1) is 19.1. The monoisotopic (exact) mass is 410 g/mol. The van der Waals surface area contributed by atoms with Crippen molar-refractivity contribution in [3.8, 4) is 0 Å². The fourth-order valence-corrected chi connectivity index (χ4v) is 4.16. The maximum Gasteiger partial charge on any atom is 0.187 e. The summed E-state index contributed by atoms with van der Waals surface area (Å²) in [5.41, 5.74) is 3.53. The Labute approximate surface area is 179 Å². The number of rotatable bonds is 7. The summed E-state index contributed by atoms with van der Waals surface area (Å²) in [5.74, 6) is -0.300. The average molecular weight is 410 g/mol. The maximum atomic E-state index is 12.9. The second-order valence-corrected chi connectivity index (χ2v) is 7.67. The van der Waals surface area contributed by atoms with Gasteiger partial charge in [-0.2, -0.15) is 0 Å². The molecular weight excluding hydrogens is 388 g/mol. The number of carbonyl (C=O) groups excluding carboxylic acids is 2. The van der Waals surface area contributed by atoms with Gasteiger partial charge in [0.25, 0.3) is 0 Å². The third-order valence-corrected chi connectivity index (χ3v) is 5.60. The molecule has 0 atom stereocenters. The van der Waals surface area contributed by atoms with Gasteiger partial charge in [-0.05, 0) is 24.6 Å². The minimum atomic E-state index is -0.166. The predicted molar refractivity (Wildman–Crippen MR) is 120 cm³/mol. The van der Waals surface area contributed by atoms with Crippen LogP contribution in [0.5, 0.6) is 0 Å². The van der Waals surface area contributed by atoms with Gasteiger partial charge >= 0.3 is 0 Å². The van der Waals surface area contributed by atoms with E-state index in [-0.39, 0.29) is 18.0 Å². The number of allylic oxidation sites excluding steroid dienone is 2. The van der Waals surface area contributed by atoms with Crippen LogP contribution in [-0.4, -0.2) is 25.7 Å². The molecular formula is C25H22N4O2. The SMILES string of the molecule is O=C1CC(=O)C(c2cn(CCCn3ccnc3)c3ccccc23)=C1Nc1ccccc1. The van der Waals surface area contributed by atoms with Gasteiger partial charge in [-0.1, -0.05) is 36.4 Å². The Hall–Kier alpha value is -3.93. The predicted octanol–water partition coefficient (Wildman–Crippen LogP) is 4.29. The van der Waals surface area contributed by atoms with E-state index in [0.29, 0.717) is 11.3 Å². The number of anilines is 1. The average Bonchev–Trinajstić information content (AvgIpc) is 3.49. The van der Waals surface area contributed by atoms with Crippen LogP contribution in [0.2, 0.25) is 0 Å². The van der Waals surface area contributed by atoms with Gasteiger partial charge in [-0.15, -0.1) is 0 Å². The summed E-state index contributed by atoms with van der Waals surface area (Å²) in [4.78, 5) is 29.6. The van der Waals surface area contributed by atoms with Gasteiger partial charge in [0.1, 0.15) is 0 Å². The van der Waals surface area contributed by atoms with Crippen molar-refractivity contribution in [2.75, 3.05) is 5.32 Å². The lowest BCUT2D eigenvalue weighted by Crippen LogP contribution is -2.07. The first-order valence-electron chi connectivity index (χ1n) is 10.4. The molecule has 6 nitrogen and oxygen atoms in total. The van der Waals surface area contributed by atoms with Crippen molar-refractivity contribution in [1.82, 2.24) is 14.1 Å². The van der Waals surface area contributed by atoms with E-state index >= 15 is 0 Å². The number of carbonyl (C=O) groups is 2. The molecule has 0 radical (unpaired) electrons. The van der Waals surface area contributed by atoms with Gasteiger partial charge in [0.15, 0.2) is 11.6 Å². The Morgan fingerprint density at radius 2 is 1.74 bits per heavy atom. The quantitative estimate of drug-likeness (QED) is 0.462. The molecule has 0 spiro atoms. The Kier molecular flexibility index (Phi) is 4.96. The Bertz CT molecular complexity index is 1280. The summed E-state index contributed by atoms with van der Waals surface area (Å²) in [6.45, 7) is 1.67. The molecule has 0 saturated carbocycles. The molecule has 0 fully saturated rings. The van der Waals surface area contributed by atoms with E-state index in [2.05, 4.69) is 25.5 Å². The number of Topliss-reactive ketones (excluding diaryl/α,β-unsaturated/α-hetero) is 2. The molecule has 2 heterocycles. The van der Waals surface area contributed by atoms with Crippen LogP contribution in [0.3, 0.4) is 0 Å². The van der Waals surface area contributed by atoms with Crippen LogP contribution in [-0.2, 0) is 22.7 Å². The Morgan fingerprint density at radius 3 is 2.55 bits per heavy atom. The lowest BCUT2D eigenvalue weighted by atomic mass is 10.0. The molecule has 2 aromatic carbocycles. The lowest BCUT2D eigenvalue weighted by Gasteiger charge is -2.08. The largest absolute Gasteiger partial charge is 0.352 e. The number of benzene rings is 2. The molecule has 6 heteroatoms. The van der Waals surface area contributed by atoms with Gasteiger partial charge in [-0.25, -0.2) is 4.98 Å². The number of para-hydroxylation sites is 2. The molecule has 0 unspecified atom stereocenters. The Balaban J connectivity index is 1.53. The van der Waals surface area contributed by atoms with Gasteiger partial charge in [0.05, 0.1) is 24.0 Å². The number of aromatic nitrogens is 3. The third kappa shape index (κ3) is 3.68. The van der Waals surface area contributed by atoms with Crippen molar-refractivity contribution < 1.29 is 9.59 Å². The number of nitrogens with zero attached hydrogens (tertiary/aromatic N) is 3. The highest BCUT2D eigenvalue weighted by atomic mass is 16.2. The molecule has 154 valence electrons. The number of fused-ring (bicyclic) bond motifs is 1. The van der Waals surface area contributed by atoms with E-state index in [4.69, 9.17) is 0 Å². The van der Waals surface area contributed by atoms with E-state index in [9.17, 15) is 9.59 Å². The van der Waals surface area contributed by atoms with Crippen molar-refractivity contribution in [3.05, 3.63) is 90.8 Å². The van der Waals surface area contributed by atoms with Crippen LogP contribution in [0.1, 0.15) is 18.4 Å². The summed E-state index contributed by atoms with van der Waals surface area (Å²) in [6.07, 6.45) is 8.39. The van der Waals surface area contributed by atoms with Crippen LogP contribution in [0, 0.1) is 0 Å². The third-order valence-electron chi connectivity index (χ3n) is 5.60. The van der Waals surface area contributed by atoms with Crippen molar-refractivity contribution >= 4 is 33.7 Å². The molecule has 0 saturated heterocycles. The number of hydrogen-bond acceptors (Lipinski definition) is 4. The number of nitrogens with one attached hydrogen (secondary N) is 1. The smallest absolute Gasteiger partial charge is 0.187 e. The van der Waals surface area contributed by atoms with E-state index < -0.39 is 0 Å². The highest BCUT2D eigenvalue weighted by Gasteiger charge is 2.33. The van der Waals surface area contributed by atoms with Crippen molar-refractivity contribution in [2.45, 2.75) is 25.9 Å². The molecule has 0 bridgehead atoms. The first-order chi connectivity index (χ1) is 15.2. The minimum Gasteiger partial charge on any atom is -0.352 e. The topological polar surface area (TPSA) is 68.9 Å². The maximum absolute atomic E-state index is 12.9. The molecule has 2 aromatic heterocycles. The molecule has 1 aliphatic rings. The molecule has 1 N–H and O–H groups in total. The van der Waals surface area contributed by atoms with Crippen LogP contribution in [0.15, 0.2) is 85.2 Å². The number of ketones is 2. The van der Waals surface area contributed by atoms with Crippen LogP contribution < -0.4 is 5.32 Å². The molecule has 5 rings (SSSR count). The van der Waals surface area contributed by atoms with Gasteiger partial charge in [0, 0.05) is 53.8 Å². The Morgan fingerprint density at radius 1 is 0.935 bits per heavy atom. The molecule has 31 heavy (non-hydrogen) atoms. The standard InChI is InChI=1S/C25H22N4O2/c30-22-15-23(31)25(27-18-7-2-1-3-8-18)24(22)20-16-29(21-10-5-4-9-19(20)21)13-6-12-28-14-11-26-17-28/h1-5,7-11,14,16-17,27H,6,12-13,15H2. The van der Waals surface area contributed by atoms with E-state index in [1.54, 1.807) is 6.20 Å². The second kappa shape index (κ2) is 8.07. The molecule has 0 amide bonds. The highest BCUT2D eigenvalue weighted by Crippen LogP contribution is 2.35. The summed E-state index contributed by atoms with van der Waals surface area (Å²) in [7, 11) is 0. The molecule has 0 aliphatic heterocycles. The number of hydrogen-bond donors (Lipinski definition) is 1. The van der Waals surface area contributed by atoms with Crippen LogP contribution in [0.25, 0.3) is 16.5 Å². The summed E-state index contributed by atoms with van der Waals surface area (Å²) < 4.78 is 4.22. The second-order valence-electron chi connectivity index (χ2n) is 7.67.